The van der Waals surface area contributed by atoms with E-state index in [0.717, 1.165) is 12.8 Å². The van der Waals surface area contributed by atoms with Crippen molar-refractivity contribution in [2.45, 2.75) is 25.3 Å². The molecule has 0 radical (unpaired) electrons. The molecule has 1 saturated heterocycles. The second kappa shape index (κ2) is 7.79. The van der Waals surface area contributed by atoms with Gasteiger partial charge in [-0.15, -0.1) is 0 Å². The second-order valence-corrected chi connectivity index (χ2v) is 5.39. The molecule has 0 aromatic heterocycles. The molecule has 22 heavy (non-hydrogen) atoms. The Bertz CT molecular complexity index is 525. The number of nitrogens with zero attached hydrogens (tertiary/aromatic N) is 1. The van der Waals surface area contributed by atoms with Crippen LogP contribution in [0.2, 0.25) is 0 Å². The van der Waals surface area contributed by atoms with Crippen LogP contribution < -0.4 is 5.32 Å². The number of hydrogen-bond donors (Lipinski definition) is 2. The molecule has 120 valence electrons. The monoisotopic (exact) mass is 306 g/mol. The van der Waals surface area contributed by atoms with Crippen molar-refractivity contribution in [3.63, 3.8) is 0 Å². The number of phenolic OH excluding ortho intramolecular Hbond substituents is 1. The van der Waals surface area contributed by atoms with Crippen LogP contribution in [-0.2, 0) is 9.53 Å². The molecule has 1 aliphatic heterocycles. The SMILES string of the molecule is COCCC(=O)N1CCC(NC(=O)c2ccccc2O)CC1. The van der Waals surface area contributed by atoms with E-state index < -0.39 is 0 Å². The number of benzene rings is 1. The van der Waals surface area contributed by atoms with E-state index in [1.54, 1.807) is 25.3 Å². The maximum absolute atomic E-state index is 12.1. The number of phenols is 1. The predicted octanol–water partition coefficient (Wildman–Crippen LogP) is 1.15. The Balaban J connectivity index is 1.81. The minimum Gasteiger partial charge on any atom is -0.507 e. The lowest BCUT2D eigenvalue weighted by Gasteiger charge is -2.32. The highest BCUT2D eigenvalue weighted by Crippen LogP contribution is 2.17. The topological polar surface area (TPSA) is 78.9 Å². The van der Waals surface area contributed by atoms with Gasteiger partial charge in [0.05, 0.1) is 18.6 Å². The van der Waals surface area contributed by atoms with E-state index in [1.165, 1.54) is 6.07 Å². The molecule has 2 rings (SSSR count). The number of likely N-dealkylation sites (tertiary alicyclic amines) is 1. The van der Waals surface area contributed by atoms with Gasteiger partial charge in [-0.1, -0.05) is 12.1 Å². The lowest BCUT2D eigenvalue weighted by atomic mass is 10.0. The van der Waals surface area contributed by atoms with Crippen LogP contribution in [0.3, 0.4) is 0 Å². The predicted molar refractivity (Wildman–Crippen MR) is 81.7 cm³/mol. The molecule has 1 aromatic rings. The summed E-state index contributed by atoms with van der Waals surface area (Å²) < 4.78 is 4.91. The molecule has 2 N–H and O–H groups in total. The van der Waals surface area contributed by atoms with E-state index >= 15 is 0 Å². The first-order chi connectivity index (χ1) is 10.6. The summed E-state index contributed by atoms with van der Waals surface area (Å²) in [5.74, 6) is -0.207. The van der Waals surface area contributed by atoms with Gasteiger partial charge in [0.2, 0.25) is 5.91 Å². The maximum atomic E-state index is 12.1. The summed E-state index contributed by atoms with van der Waals surface area (Å²) in [6.45, 7) is 1.70. The summed E-state index contributed by atoms with van der Waals surface area (Å²) in [4.78, 5) is 25.8. The first kappa shape index (κ1) is 16.3. The van der Waals surface area contributed by atoms with Crippen LogP contribution in [0.4, 0.5) is 0 Å². The zero-order chi connectivity index (χ0) is 15.9. The van der Waals surface area contributed by atoms with Gasteiger partial charge in [0.15, 0.2) is 0 Å². The molecule has 0 atom stereocenters. The van der Waals surface area contributed by atoms with Crippen molar-refractivity contribution in [2.75, 3.05) is 26.8 Å². The minimum absolute atomic E-state index is 0.0211. The van der Waals surface area contributed by atoms with Gasteiger partial charge in [0, 0.05) is 26.2 Å². The Morgan fingerprint density at radius 2 is 2.00 bits per heavy atom. The quantitative estimate of drug-likeness (QED) is 0.855. The highest BCUT2D eigenvalue weighted by atomic mass is 16.5. The van der Waals surface area contributed by atoms with Gasteiger partial charge in [-0.05, 0) is 25.0 Å². The minimum atomic E-state index is -0.276. The highest BCUT2D eigenvalue weighted by molar-refractivity contribution is 5.96. The standard InChI is InChI=1S/C16H22N2O4/c1-22-11-8-15(20)18-9-6-12(7-10-18)17-16(21)13-4-2-3-5-14(13)19/h2-5,12,19H,6-11H2,1H3,(H,17,21). The van der Waals surface area contributed by atoms with Crippen molar-refractivity contribution < 1.29 is 19.4 Å². The number of hydrogen-bond acceptors (Lipinski definition) is 4. The number of methoxy groups -OCH3 is 1. The van der Waals surface area contributed by atoms with Gasteiger partial charge in [0.1, 0.15) is 5.75 Å². The summed E-state index contributed by atoms with van der Waals surface area (Å²) in [6, 6.07) is 6.50. The number of rotatable bonds is 5. The van der Waals surface area contributed by atoms with Gasteiger partial charge in [-0.3, -0.25) is 9.59 Å². The smallest absolute Gasteiger partial charge is 0.255 e. The Hall–Kier alpha value is -2.08. The fourth-order valence-corrected chi connectivity index (χ4v) is 2.55. The fraction of sp³-hybridized carbons (Fsp3) is 0.500. The number of amides is 2. The molecular formula is C16H22N2O4. The molecule has 0 spiro atoms. The number of nitrogens with one attached hydrogen (secondary N) is 1. The van der Waals surface area contributed by atoms with Crippen molar-refractivity contribution in [1.29, 1.82) is 0 Å². The summed E-state index contributed by atoms with van der Waals surface area (Å²) in [5, 5.41) is 12.6. The van der Waals surface area contributed by atoms with E-state index in [9.17, 15) is 14.7 Å². The van der Waals surface area contributed by atoms with Crippen LogP contribution in [0.1, 0.15) is 29.6 Å². The van der Waals surface area contributed by atoms with Gasteiger partial charge in [0.25, 0.3) is 5.91 Å². The van der Waals surface area contributed by atoms with Crippen LogP contribution in [0, 0.1) is 0 Å². The fourth-order valence-electron chi connectivity index (χ4n) is 2.55. The Morgan fingerprint density at radius 1 is 1.32 bits per heavy atom. The molecule has 1 aliphatic rings. The summed E-state index contributed by atoms with van der Waals surface area (Å²) >= 11 is 0. The Labute approximate surface area is 130 Å². The number of carbonyl (C=O) groups is 2. The number of piperidine rings is 1. The molecule has 0 aliphatic carbocycles. The van der Waals surface area contributed by atoms with E-state index in [-0.39, 0.29) is 29.2 Å². The third kappa shape index (κ3) is 4.21. The normalized spacial score (nSPS) is 15.6. The van der Waals surface area contributed by atoms with Crippen LogP contribution in [0.5, 0.6) is 5.75 Å². The summed E-state index contributed by atoms with van der Waals surface area (Å²) in [5.41, 5.74) is 0.279. The van der Waals surface area contributed by atoms with E-state index in [0.29, 0.717) is 26.1 Å². The highest BCUT2D eigenvalue weighted by Gasteiger charge is 2.24. The molecule has 6 heteroatoms. The van der Waals surface area contributed by atoms with E-state index in [2.05, 4.69) is 5.32 Å². The lowest BCUT2D eigenvalue weighted by molar-refractivity contribution is -0.133. The second-order valence-electron chi connectivity index (χ2n) is 5.39. The van der Waals surface area contributed by atoms with Gasteiger partial charge < -0.3 is 20.1 Å². The van der Waals surface area contributed by atoms with E-state index in [1.807, 2.05) is 4.90 Å². The maximum Gasteiger partial charge on any atom is 0.255 e. The van der Waals surface area contributed by atoms with Crippen LogP contribution >= 0.6 is 0 Å². The number of carbonyl (C=O) groups excluding carboxylic acids is 2. The largest absolute Gasteiger partial charge is 0.507 e. The van der Waals surface area contributed by atoms with Gasteiger partial charge in [-0.2, -0.15) is 0 Å². The Kier molecular flexibility index (Phi) is 5.77. The molecular weight excluding hydrogens is 284 g/mol. The van der Waals surface area contributed by atoms with Crippen LogP contribution in [0.15, 0.2) is 24.3 Å². The van der Waals surface area contributed by atoms with Crippen molar-refractivity contribution in [3.05, 3.63) is 29.8 Å². The van der Waals surface area contributed by atoms with Crippen molar-refractivity contribution in [2.24, 2.45) is 0 Å². The van der Waals surface area contributed by atoms with Gasteiger partial charge in [-0.25, -0.2) is 0 Å². The summed E-state index contributed by atoms with van der Waals surface area (Å²) in [6.07, 6.45) is 1.83. The summed E-state index contributed by atoms with van der Waals surface area (Å²) in [7, 11) is 1.58. The van der Waals surface area contributed by atoms with Crippen LogP contribution in [-0.4, -0.2) is 54.7 Å². The number of ether oxygens (including phenoxy) is 1. The third-order valence-corrected chi connectivity index (χ3v) is 3.85. The number of aromatic hydroxyl groups is 1. The molecule has 6 nitrogen and oxygen atoms in total. The van der Waals surface area contributed by atoms with Crippen LogP contribution in [0.25, 0.3) is 0 Å². The van der Waals surface area contributed by atoms with E-state index in [4.69, 9.17) is 4.74 Å². The first-order valence-corrected chi connectivity index (χ1v) is 7.47. The molecule has 1 fully saturated rings. The molecule has 1 heterocycles. The zero-order valence-electron chi connectivity index (χ0n) is 12.7. The molecule has 0 bridgehead atoms. The van der Waals surface area contributed by atoms with Crippen molar-refractivity contribution >= 4 is 11.8 Å². The number of para-hydroxylation sites is 1. The third-order valence-electron chi connectivity index (χ3n) is 3.85. The molecule has 1 aromatic carbocycles. The zero-order valence-corrected chi connectivity index (χ0v) is 12.7. The van der Waals surface area contributed by atoms with Gasteiger partial charge >= 0.3 is 0 Å². The first-order valence-electron chi connectivity index (χ1n) is 7.47. The van der Waals surface area contributed by atoms with Crippen molar-refractivity contribution in [1.82, 2.24) is 10.2 Å². The molecule has 2 amide bonds. The average molecular weight is 306 g/mol. The lowest BCUT2D eigenvalue weighted by Crippen LogP contribution is -2.46. The Morgan fingerprint density at radius 3 is 2.64 bits per heavy atom. The van der Waals surface area contributed by atoms with Crippen molar-refractivity contribution in [3.8, 4) is 5.75 Å². The molecule has 0 saturated carbocycles. The molecule has 0 unspecified atom stereocenters. The average Bonchev–Trinajstić information content (AvgIpc) is 2.53.